The van der Waals surface area contributed by atoms with Gasteiger partial charge in [0.15, 0.2) is 0 Å². The quantitative estimate of drug-likeness (QED) is 0.250. The second-order valence-corrected chi connectivity index (χ2v) is 10.5. The molecule has 1 aromatic carbocycles. The molecule has 4 nitrogen and oxygen atoms in total. The second-order valence-electron chi connectivity index (χ2n) is 9.30. The zero-order valence-electron chi connectivity index (χ0n) is 18.1. The zero-order chi connectivity index (χ0) is 20.8. The van der Waals surface area contributed by atoms with E-state index in [4.69, 9.17) is 5.21 Å². The van der Waals surface area contributed by atoms with Crippen LogP contribution in [0.1, 0.15) is 84.8 Å². The fourth-order valence-corrected chi connectivity index (χ4v) is 3.90. The van der Waals surface area contributed by atoms with Gasteiger partial charge >= 0.3 is 0 Å². The van der Waals surface area contributed by atoms with E-state index in [1.165, 1.54) is 11.9 Å². The monoisotopic (exact) mass is 395 g/mol. The molecule has 0 aliphatic rings. The number of carbonyl (C=O) groups is 1. The Bertz CT molecular complexity index is 592. The summed E-state index contributed by atoms with van der Waals surface area (Å²) in [6.07, 6.45) is 4.38. The van der Waals surface area contributed by atoms with Crippen molar-refractivity contribution in [3.8, 4) is 5.75 Å². The second kappa shape index (κ2) is 9.83. The van der Waals surface area contributed by atoms with Crippen molar-refractivity contribution in [2.75, 3.05) is 12.8 Å². The van der Waals surface area contributed by atoms with E-state index in [1.54, 1.807) is 0 Å². The van der Waals surface area contributed by atoms with Gasteiger partial charge in [0, 0.05) is 29.5 Å². The van der Waals surface area contributed by atoms with Crippen molar-refractivity contribution < 1.29 is 15.1 Å². The van der Waals surface area contributed by atoms with Gasteiger partial charge in [-0.25, -0.2) is 5.06 Å². The van der Waals surface area contributed by atoms with Crippen LogP contribution in [-0.2, 0) is 15.6 Å². The van der Waals surface area contributed by atoms with E-state index in [0.717, 1.165) is 42.6 Å². The van der Waals surface area contributed by atoms with Crippen molar-refractivity contribution in [1.29, 1.82) is 0 Å². The summed E-state index contributed by atoms with van der Waals surface area (Å²) in [4.78, 5) is 12.5. The van der Waals surface area contributed by atoms with Crippen LogP contribution in [0.3, 0.4) is 0 Å². The molecule has 0 aliphatic carbocycles. The molecular formula is C22H37NO3S. The highest BCUT2D eigenvalue weighted by Gasteiger charge is 2.26. The molecule has 0 radical (unpaired) electrons. The summed E-state index contributed by atoms with van der Waals surface area (Å²) >= 11 is 1.83. The fourth-order valence-electron chi connectivity index (χ4n) is 2.92. The zero-order valence-corrected chi connectivity index (χ0v) is 18.9. The van der Waals surface area contributed by atoms with E-state index in [2.05, 4.69) is 53.7 Å². The highest BCUT2D eigenvalue weighted by atomic mass is 32.2. The van der Waals surface area contributed by atoms with Crippen molar-refractivity contribution >= 4 is 17.7 Å². The molecule has 5 heteroatoms. The Morgan fingerprint density at radius 1 is 0.963 bits per heavy atom. The van der Waals surface area contributed by atoms with Crippen molar-refractivity contribution in [1.82, 2.24) is 5.06 Å². The van der Waals surface area contributed by atoms with Crippen LogP contribution in [0, 0.1) is 0 Å². The van der Waals surface area contributed by atoms with Crippen LogP contribution in [-0.4, -0.2) is 34.1 Å². The van der Waals surface area contributed by atoms with E-state index < -0.39 is 0 Å². The van der Waals surface area contributed by atoms with Gasteiger partial charge in [-0.3, -0.25) is 10.0 Å². The third kappa shape index (κ3) is 7.74. The van der Waals surface area contributed by atoms with E-state index in [9.17, 15) is 9.90 Å². The molecule has 0 aromatic heterocycles. The molecule has 1 aromatic rings. The lowest BCUT2D eigenvalue weighted by atomic mass is 9.79. The molecule has 0 saturated carbocycles. The summed E-state index contributed by atoms with van der Waals surface area (Å²) < 4.78 is 0. The number of benzene rings is 1. The van der Waals surface area contributed by atoms with Gasteiger partial charge in [-0.1, -0.05) is 54.4 Å². The summed E-state index contributed by atoms with van der Waals surface area (Å²) in [6.45, 7) is 12.8. The van der Waals surface area contributed by atoms with Gasteiger partial charge in [-0.2, -0.15) is 0 Å². The number of unbranched alkanes of at least 4 members (excludes halogenated alkanes) is 3. The first-order valence-electron chi connectivity index (χ1n) is 9.80. The van der Waals surface area contributed by atoms with Crippen molar-refractivity contribution in [2.45, 2.75) is 89.4 Å². The number of thioether (sulfide) groups is 1. The molecule has 1 amide bonds. The number of amides is 1. The third-order valence-electron chi connectivity index (χ3n) is 4.61. The number of hydrogen-bond acceptors (Lipinski definition) is 4. The normalized spacial score (nSPS) is 12.3. The molecule has 2 N–H and O–H groups in total. The number of aromatic hydroxyl groups is 1. The molecule has 0 spiro atoms. The van der Waals surface area contributed by atoms with Gasteiger partial charge in [0.05, 0.1) is 0 Å². The Labute approximate surface area is 169 Å². The molecule has 0 bridgehead atoms. The molecule has 0 unspecified atom stereocenters. The lowest BCUT2D eigenvalue weighted by Crippen LogP contribution is -2.21. The molecule has 0 atom stereocenters. The highest BCUT2D eigenvalue weighted by molar-refractivity contribution is 7.99. The smallest absolute Gasteiger partial charge is 0.245 e. The number of carbonyl (C=O) groups excluding carboxylic acids is 1. The van der Waals surface area contributed by atoms with Gasteiger partial charge in [-0.05, 0) is 41.6 Å². The maximum absolute atomic E-state index is 11.3. The van der Waals surface area contributed by atoms with E-state index >= 15 is 0 Å². The van der Waals surface area contributed by atoms with Crippen molar-refractivity contribution in [3.05, 3.63) is 23.3 Å². The summed E-state index contributed by atoms with van der Waals surface area (Å²) in [6, 6.07) is 4.26. The van der Waals surface area contributed by atoms with Gasteiger partial charge < -0.3 is 5.11 Å². The molecule has 0 saturated heterocycles. The fraction of sp³-hybridized carbons (Fsp3) is 0.682. The van der Waals surface area contributed by atoms with Crippen molar-refractivity contribution in [3.63, 3.8) is 0 Å². The van der Waals surface area contributed by atoms with Crippen LogP contribution < -0.4 is 0 Å². The molecule has 27 heavy (non-hydrogen) atoms. The SMILES string of the molecule is CN(O)C(=O)CCCCCCSc1cc(C(C)(C)C)c(O)c(C(C)(C)C)c1. The number of phenols is 1. The van der Waals surface area contributed by atoms with Crippen LogP contribution in [0.5, 0.6) is 5.75 Å². The van der Waals surface area contributed by atoms with E-state index in [1.807, 2.05) is 11.8 Å². The number of rotatable bonds is 8. The van der Waals surface area contributed by atoms with Crippen LogP contribution in [0.2, 0.25) is 0 Å². The van der Waals surface area contributed by atoms with Gasteiger partial charge in [0.1, 0.15) is 5.75 Å². The van der Waals surface area contributed by atoms with Crippen LogP contribution in [0.15, 0.2) is 17.0 Å². The Morgan fingerprint density at radius 2 is 1.44 bits per heavy atom. The topological polar surface area (TPSA) is 60.8 Å². The Kier molecular flexibility index (Phi) is 8.68. The molecule has 0 fully saturated rings. The number of hydrogen-bond donors (Lipinski definition) is 2. The number of hydroxylamine groups is 2. The first-order valence-corrected chi connectivity index (χ1v) is 10.8. The summed E-state index contributed by atoms with van der Waals surface area (Å²) in [7, 11) is 1.37. The van der Waals surface area contributed by atoms with Crippen LogP contribution in [0.25, 0.3) is 0 Å². The van der Waals surface area contributed by atoms with Crippen molar-refractivity contribution in [2.24, 2.45) is 0 Å². The van der Waals surface area contributed by atoms with Crippen LogP contribution in [0.4, 0.5) is 0 Å². The van der Waals surface area contributed by atoms with Crippen LogP contribution >= 0.6 is 11.8 Å². The minimum atomic E-state index is -0.224. The molecular weight excluding hydrogens is 358 g/mol. The predicted octanol–water partition coefficient (Wildman–Crippen LogP) is 5.88. The Hall–Kier alpha value is -1.20. The third-order valence-corrected chi connectivity index (χ3v) is 5.68. The van der Waals surface area contributed by atoms with Gasteiger partial charge in [0.25, 0.3) is 0 Å². The predicted molar refractivity (Wildman–Crippen MR) is 114 cm³/mol. The minimum absolute atomic E-state index is 0.104. The maximum atomic E-state index is 11.3. The summed E-state index contributed by atoms with van der Waals surface area (Å²) in [5.74, 6) is 1.22. The lowest BCUT2D eigenvalue weighted by Gasteiger charge is -2.28. The van der Waals surface area contributed by atoms with Gasteiger partial charge in [0.2, 0.25) is 5.91 Å². The summed E-state index contributed by atoms with van der Waals surface area (Å²) in [5, 5.41) is 20.5. The number of nitrogens with zero attached hydrogens (tertiary/aromatic N) is 1. The van der Waals surface area contributed by atoms with Gasteiger partial charge in [-0.15, -0.1) is 11.8 Å². The Balaban J connectivity index is 2.64. The van der Waals surface area contributed by atoms with E-state index in [0.29, 0.717) is 17.2 Å². The molecule has 0 heterocycles. The number of phenolic OH excluding ortho intramolecular Hbond substituents is 1. The Morgan fingerprint density at radius 3 is 1.89 bits per heavy atom. The first kappa shape index (κ1) is 23.8. The summed E-state index contributed by atoms with van der Waals surface area (Å²) in [5.41, 5.74) is 1.80. The standard InChI is InChI=1S/C22H37NO3S/c1-21(2,3)17-14-16(15-18(20(17)25)22(4,5)6)27-13-11-9-8-10-12-19(24)23(7)26/h14-15,25-26H,8-13H2,1-7H3. The lowest BCUT2D eigenvalue weighted by molar-refractivity contribution is -0.159. The van der Waals surface area contributed by atoms with E-state index in [-0.39, 0.29) is 16.7 Å². The largest absolute Gasteiger partial charge is 0.507 e. The first-order chi connectivity index (χ1) is 12.3. The highest BCUT2D eigenvalue weighted by Crippen LogP contribution is 2.41. The average molecular weight is 396 g/mol. The minimum Gasteiger partial charge on any atom is -0.507 e. The average Bonchev–Trinajstić information content (AvgIpc) is 2.52. The molecule has 0 aliphatic heterocycles. The molecule has 1 rings (SSSR count). The molecule has 154 valence electrons. The maximum Gasteiger partial charge on any atom is 0.245 e.